The molecule has 0 aromatic rings. The van der Waals surface area contributed by atoms with Crippen molar-refractivity contribution in [2.75, 3.05) is 19.6 Å². The van der Waals surface area contributed by atoms with Crippen LogP contribution in [0.25, 0.3) is 0 Å². The van der Waals surface area contributed by atoms with Gasteiger partial charge in [-0.2, -0.15) is 0 Å². The Morgan fingerprint density at radius 3 is 2.38 bits per heavy atom. The highest BCUT2D eigenvalue weighted by Crippen LogP contribution is 2.17. The molecule has 0 amide bonds. The van der Waals surface area contributed by atoms with Gasteiger partial charge in [0.2, 0.25) is 0 Å². The lowest BCUT2D eigenvalue weighted by molar-refractivity contribution is 0.00686. The van der Waals surface area contributed by atoms with E-state index in [1.165, 1.54) is 32.4 Å². The summed E-state index contributed by atoms with van der Waals surface area (Å²) in [6.07, 6.45) is 5.97. The van der Waals surface area contributed by atoms with E-state index < -0.39 is 5.60 Å². The third-order valence-corrected chi connectivity index (χ3v) is 2.80. The van der Waals surface area contributed by atoms with Gasteiger partial charge in [0.25, 0.3) is 0 Å². The van der Waals surface area contributed by atoms with Gasteiger partial charge in [-0.05, 0) is 39.3 Å². The first kappa shape index (κ1) is 11.0. The van der Waals surface area contributed by atoms with Gasteiger partial charge >= 0.3 is 0 Å². The topological polar surface area (TPSA) is 23.5 Å². The largest absolute Gasteiger partial charge is 0.389 e. The molecule has 1 aliphatic heterocycles. The van der Waals surface area contributed by atoms with Crippen molar-refractivity contribution >= 4 is 0 Å². The average molecular weight is 185 g/mol. The molecule has 1 N–H and O–H groups in total. The minimum atomic E-state index is -0.466. The monoisotopic (exact) mass is 185 g/mol. The Labute approximate surface area is 81.9 Å². The van der Waals surface area contributed by atoms with E-state index in [1.807, 2.05) is 6.92 Å². The highest BCUT2D eigenvalue weighted by atomic mass is 16.3. The van der Waals surface area contributed by atoms with Gasteiger partial charge in [-0.25, -0.2) is 0 Å². The van der Waals surface area contributed by atoms with Crippen LogP contribution in [0, 0.1) is 0 Å². The first-order valence-electron chi connectivity index (χ1n) is 5.59. The molecule has 0 aromatic heterocycles. The summed E-state index contributed by atoms with van der Waals surface area (Å²) in [7, 11) is 0. The molecule has 1 heterocycles. The second-order valence-electron chi connectivity index (χ2n) is 4.58. The zero-order chi connectivity index (χ0) is 9.73. The maximum absolute atomic E-state index is 10.0. The number of rotatable bonds is 4. The molecule has 2 heteroatoms. The van der Waals surface area contributed by atoms with E-state index in [-0.39, 0.29) is 0 Å². The fraction of sp³-hybridized carbons (Fsp3) is 1.00. The lowest BCUT2D eigenvalue weighted by Crippen LogP contribution is -2.43. The summed E-state index contributed by atoms with van der Waals surface area (Å²) in [5.74, 6) is 0. The number of aliphatic hydroxyl groups is 1. The molecule has 1 aliphatic rings. The third kappa shape index (κ3) is 4.10. The van der Waals surface area contributed by atoms with Crippen LogP contribution in [0.15, 0.2) is 0 Å². The van der Waals surface area contributed by atoms with Crippen LogP contribution in [0.5, 0.6) is 0 Å². The zero-order valence-electron chi connectivity index (χ0n) is 9.05. The number of piperidine rings is 1. The summed E-state index contributed by atoms with van der Waals surface area (Å²) in [4.78, 5) is 2.40. The SMILES string of the molecule is CCCC(C)(O)CN1CCCCC1. The molecule has 78 valence electrons. The molecule has 0 radical (unpaired) electrons. The standard InChI is InChI=1S/C11H23NO/c1-3-7-11(2,13)10-12-8-5-4-6-9-12/h13H,3-10H2,1-2H3. The molecule has 1 fully saturated rings. The molecular formula is C11H23NO. The van der Waals surface area contributed by atoms with E-state index in [2.05, 4.69) is 11.8 Å². The quantitative estimate of drug-likeness (QED) is 0.724. The van der Waals surface area contributed by atoms with Crippen LogP contribution >= 0.6 is 0 Å². The highest BCUT2D eigenvalue weighted by Gasteiger charge is 2.23. The summed E-state index contributed by atoms with van der Waals surface area (Å²) < 4.78 is 0. The minimum absolute atomic E-state index is 0.466. The van der Waals surface area contributed by atoms with E-state index in [0.29, 0.717) is 0 Å². The van der Waals surface area contributed by atoms with E-state index in [1.54, 1.807) is 0 Å². The van der Waals surface area contributed by atoms with Crippen molar-refractivity contribution in [3.63, 3.8) is 0 Å². The van der Waals surface area contributed by atoms with Gasteiger partial charge in [-0.3, -0.25) is 0 Å². The van der Waals surface area contributed by atoms with Crippen LogP contribution in [0.4, 0.5) is 0 Å². The fourth-order valence-corrected chi connectivity index (χ4v) is 2.22. The second-order valence-corrected chi connectivity index (χ2v) is 4.58. The van der Waals surface area contributed by atoms with E-state index >= 15 is 0 Å². The lowest BCUT2D eigenvalue weighted by Gasteiger charge is -2.33. The van der Waals surface area contributed by atoms with Crippen molar-refractivity contribution in [3.05, 3.63) is 0 Å². The van der Waals surface area contributed by atoms with Crippen LogP contribution in [0.2, 0.25) is 0 Å². The van der Waals surface area contributed by atoms with Crippen molar-refractivity contribution in [1.82, 2.24) is 4.90 Å². The first-order chi connectivity index (χ1) is 6.14. The average Bonchev–Trinajstić information content (AvgIpc) is 2.04. The molecular weight excluding hydrogens is 162 g/mol. The summed E-state index contributed by atoms with van der Waals surface area (Å²) in [6.45, 7) is 7.32. The maximum Gasteiger partial charge on any atom is 0.0746 e. The minimum Gasteiger partial charge on any atom is -0.389 e. The Kier molecular flexibility index (Phi) is 4.20. The summed E-state index contributed by atoms with van der Waals surface area (Å²) >= 11 is 0. The van der Waals surface area contributed by atoms with E-state index in [0.717, 1.165) is 19.4 Å². The molecule has 1 atom stereocenters. The molecule has 13 heavy (non-hydrogen) atoms. The maximum atomic E-state index is 10.0. The third-order valence-electron chi connectivity index (χ3n) is 2.80. The van der Waals surface area contributed by atoms with Crippen molar-refractivity contribution in [3.8, 4) is 0 Å². The van der Waals surface area contributed by atoms with Crippen molar-refractivity contribution < 1.29 is 5.11 Å². The zero-order valence-corrected chi connectivity index (χ0v) is 9.05. The van der Waals surface area contributed by atoms with Gasteiger partial charge in [0.15, 0.2) is 0 Å². The van der Waals surface area contributed by atoms with Crippen LogP contribution in [-0.2, 0) is 0 Å². The molecule has 1 rings (SSSR count). The van der Waals surface area contributed by atoms with Gasteiger partial charge in [0, 0.05) is 6.54 Å². The van der Waals surface area contributed by atoms with Gasteiger partial charge in [0.1, 0.15) is 0 Å². The predicted octanol–water partition coefficient (Wildman–Crippen LogP) is 2.02. The lowest BCUT2D eigenvalue weighted by atomic mass is 9.99. The van der Waals surface area contributed by atoms with Gasteiger partial charge < -0.3 is 10.0 Å². The highest BCUT2D eigenvalue weighted by molar-refractivity contribution is 4.78. The molecule has 0 saturated carbocycles. The summed E-state index contributed by atoms with van der Waals surface area (Å²) in [6, 6.07) is 0. The van der Waals surface area contributed by atoms with Crippen molar-refractivity contribution in [2.24, 2.45) is 0 Å². The Bertz CT molecular complexity index is 139. The van der Waals surface area contributed by atoms with Crippen LogP contribution in [0.1, 0.15) is 46.0 Å². The van der Waals surface area contributed by atoms with Crippen molar-refractivity contribution in [1.29, 1.82) is 0 Å². The van der Waals surface area contributed by atoms with Crippen molar-refractivity contribution in [2.45, 2.75) is 51.6 Å². The molecule has 0 aliphatic carbocycles. The number of likely N-dealkylation sites (tertiary alicyclic amines) is 1. The summed E-state index contributed by atoms with van der Waals surface area (Å²) in [5, 5.41) is 10.0. The molecule has 0 aromatic carbocycles. The molecule has 0 bridgehead atoms. The smallest absolute Gasteiger partial charge is 0.0746 e. The van der Waals surface area contributed by atoms with E-state index in [4.69, 9.17) is 0 Å². The Balaban J connectivity index is 2.28. The van der Waals surface area contributed by atoms with Crippen LogP contribution in [-0.4, -0.2) is 35.2 Å². The number of nitrogens with zero attached hydrogens (tertiary/aromatic N) is 1. The number of hydrogen-bond acceptors (Lipinski definition) is 2. The van der Waals surface area contributed by atoms with Gasteiger partial charge in [-0.1, -0.05) is 19.8 Å². The first-order valence-corrected chi connectivity index (χ1v) is 5.59. The Morgan fingerprint density at radius 2 is 1.85 bits per heavy atom. The van der Waals surface area contributed by atoms with Gasteiger partial charge in [0.05, 0.1) is 5.60 Å². The normalized spacial score (nSPS) is 24.2. The molecule has 1 unspecified atom stereocenters. The van der Waals surface area contributed by atoms with E-state index in [9.17, 15) is 5.11 Å². The molecule has 2 nitrogen and oxygen atoms in total. The molecule has 0 spiro atoms. The number of β-amino-alcohol motifs (C(OH)–C–C–N with tert-alkyl or cyclic N) is 1. The second kappa shape index (κ2) is 4.97. The van der Waals surface area contributed by atoms with Gasteiger partial charge in [-0.15, -0.1) is 0 Å². The Morgan fingerprint density at radius 1 is 1.23 bits per heavy atom. The van der Waals surface area contributed by atoms with Crippen LogP contribution in [0.3, 0.4) is 0 Å². The summed E-state index contributed by atoms with van der Waals surface area (Å²) in [5.41, 5.74) is -0.466. The Hall–Kier alpha value is -0.0800. The predicted molar refractivity (Wildman–Crippen MR) is 55.8 cm³/mol. The number of hydrogen-bond donors (Lipinski definition) is 1. The van der Waals surface area contributed by atoms with Crippen LogP contribution < -0.4 is 0 Å². The fourth-order valence-electron chi connectivity index (χ4n) is 2.22. The molecule has 1 saturated heterocycles.